The minimum absolute atomic E-state index is 0.193. The largest absolute Gasteiger partial charge is 0.469 e. The van der Waals surface area contributed by atoms with Gasteiger partial charge < -0.3 is 14.2 Å². The summed E-state index contributed by atoms with van der Waals surface area (Å²) in [7, 11) is 0. The third kappa shape index (κ3) is 4.85. The lowest BCUT2D eigenvalue weighted by molar-refractivity contribution is 0.102. The zero-order valence-corrected chi connectivity index (χ0v) is 18.4. The molecule has 0 aliphatic heterocycles. The molecule has 1 N–H and O–H groups in total. The van der Waals surface area contributed by atoms with E-state index in [-0.39, 0.29) is 11.7 Å². The number of halogens is 2. The van der Waals surface area contributed by atoms with E-state index >= 15 is 0 Å². The summed E-state index contributed by atoms with van der Waals surface area (Å²) in [5, 5.41) is 3.68. The second-order valence-corrected chi connectivity index (χ2v) is 7.76. The fraction of sp³-hybridized carbons (Fsp3) is 0.0400. The average molecular weight is 466 g/mol. The minimum atomic E-state index is -0.272. The van der Waals surface area contributed by atoms with Gasteiger partial charge in [0.25, 0.3) is 5.91 Å². The molecule has 0 bridgehead atoms. The van der Waals surface area contributed by atoms with Crippen molar-refractivity contribution in [3.63, 3.8) is 0 Å². The Hall–Kier alpha value is -3.54. The highest BCUT2D eigenvalue weighted by Crippen LogP contribution is 2.29. The lowest BCUT2D eigenvalue weighted by atomic mass is 10.1. The summed E-state index contributed by atoms with van der Waals surface area (Å²) >= 11 is 12.0. The van der Waals surface area contributed by atoms with Gasteiger partial charge in [-0.15, -0.1) is 0 Å². The SMILES string of the molecule is Cc1occc1C(=O)Nc1ccc(C(=O)/C=C/c2ccc(-c3ccc(Cl)c(Cl)c3)o2)cc1. The standard InChI is InChI=1S/C25H17Cl2NO4/c1-15-20(12-13-31-15)25(30)28-18-5-2-16(3-6-18)23(29)10-7-19-8-11-24(32-19)17-4-9-21(26)22(27)14-17/h2-14H,1H3,(H,28,30)/b10-7+. The number of amides is 1. The molecule has 0 spiro atoms. The molecule has 0 unspecified atom stereocenters. The number of anilines is 1. The highest BCUT2D eigenvalue weighted by molar-refractivity contribution is 6.42. The van der Waals surface area contributed by atoms with Gasteiger partial charge in [0.15, 0.2) is 5.78 Å². The first-order chi connectivity index (χ1) is 15.4. The fourth-order valence-electron chi connectivity index (χ4n) is 3.04. The summed E-state index contributed by atoms with van der Waals surface area (Å²) in [5.74, 6) is 1.22. The number of hydrogen-bond donors (Lipinski definition) is 1. The van der Waals surface area contributed by atoms with Crippen molar-refractivity contribution in [2.24, 2.45) is 0 Å². The maximum atomic E-state index is 12.5. The molecule has 0 fully saturated rings. The van der Waals surface area contributed by atoms with Crippen molar-refractivity contribution in [3.05, 3.63) is 106 Å². The van der Waals surface area contributed by atoms with E-state index in [1.54, 1.807) is 73.7 Å². The van der Waals surface area contributed by atoms with E-state index in [0.29, 0.717) is 44.1 Å². The second-order valence-electron chi connectivity index (χ2n) is 6.95. The first-order valence-electron chi connectivity index (χ1n) is 9.64. The van der Waals surface area contributed by atoms with Crippen LogP contribution in [0.5, 0.6) is 0 Å². The van der Waals surface area contributed by atoms with Crippen molar-refractivity contribution in [3.8, 4) is 11.3 Å². The van der Waals surface area contributed by atoms with Crippen molar-refractivity contribution in [1.29, 1.82) is 0 Å². The fourth-order valence-corrected chi connectivity index (χ4v) is 3.34. The van der Waals surface area contributed by atoms with Gasteiger partial charge in [-0.2, -0.15) is 0 Å². The zero-order valence-electron chi connectivity index (χ0n) is 16.9. The quantitative estimate of drug-likeness (QED) is 0.239. The smallest absolute Gasteiger partial charge is 0.259 e. The molecule has 1 amide bonds. The first-order valence-corrected chi connectivity index (χ1v) is 10.4. The normalized spacial score (nSPS) is 11.1. The predicted octanol–water partition coefficient (Wildman–Crippen LogP) is 7.30. The number of furan rings is 2. The molecule has 160 valence electrons. The van der Waals surface area contributed by atoms with Gasteiger partial charge in [-0.05, 0) is 79.7 Å². The lowest BCUT2D eigenvalue weighted by Gasteiger charge is -2.05. The Morgan fingerprint density at radius 1 is 0.938 bits per heavy atom. The van der Waals surface area contributed by atoms with Crippen LogP contribution in [0.3, 0.4) is 0 Å². The van der Waals surface area contributed by atoms with E-state index in [2.05, 4.69) is 5.32 Å². The Kier molecular flexibility index (Phi) is 6.30. The van der Waals surface area contributed by atoms with Gasteiger partial charge in [0.1, 0.15) is 17.3 Å². The van der Waals surface area contributed by atoms with Gasteiger partial charge in [-0.25, -0.2) is 0 Å². The molecule has 0 aliphatic carbocycles. The third-order valence-corrected chi connectivity index (χ3v) is 5.50. The van der Waals surface area contributed by atoms with Gasteiger partial charge in [-0.3, -0.25) is 9.59 Å². The molecule has 5 nitrogen and oxygen atoms in total. The second kappa shape index (κ2) is 9.30. The molecule has 4 aromatic rings. The van der Waals surface area contributed by atoms with Crippen LogP contribution in [0.15, 0.2) is 81.8 Å². The molecule has 2 heterocycles. The molecule has 4 rings (SSSR count). The maximum Gasteiger partial charge on any atom is 0.259 e. The van der Waals surface area contributed by atoms with E-state index in [1.165, 1.54) is 12.3 Å². The molecule has 32 heavy (non-hydrogen) atoms. The topological polar surface area (TPSA) is 72.5 Å². The van der Waals surface area contributed by atoms with E-state index in [9.17, 15) is 9.59 Å². The van der Waals surface area contributed by atoms with Gasteiger partial charge >= 0.3 is 0 Å². The Labute approximate surface area is 194 Å². The maximum absolute atomic E-state index is 12.5. The number of hydrogen-bond acceptors (Lipinski definition) is 4. The van der Waals surface area contributed by atoms with Gasteiger partial charge in [-0.1, -0.05) is 23.2 Å². The lowest BCUT2D eigenvalue weighted by Crippen LogP contribution is -2.12. The monoisotopic (exact) mass is 465 g/mol. The average Bonchev–Trinajstić information content (AvgIpc) is 3.43. The van der Waals surface area contributed by atoms with Crippen LogP contribution >= 0.6 is 23.2 Å². The van der Waals surface area contributed by atoms with Crippen LogP contribution in [0.2, 0.25) is 10.0 Å². The third-order valence-electron chi connectivity index (χ3n) is 4.76. The molecular formula is C25H17Cl2NO4. The van der Waals surface area contributed by atoms with Crippen LogP contribution in [-0.4, -0.2) is 11.7 Å². The zero-order chi connectivity index (χ0) is 22.7. The van der Waals surface area contributed by atoms with E-state index in [4.69, 9.17) is 32.0 Å². The Morgan fingerprint density at radius 2 is 1.72 bits per heavy atom. The molecule has 0 radical (unpaired) electrons. The number of ketones is 1. The first kappa shape index (κ1) is 21.7. The minimum Gasteiger partial charge on any atom is -0.469 e. The summed E-state index contributed by atoms with van der Waals surface area (Å²) < 4.78 is 10.9. The van der Waals surface area contributed by atoms with Crippen molar-refractivity contribution in [1.82, 2.24) is 0 Å². The summed E-state index contributed by atoms with van der Waals surface area (Å²) in [5.41, 5.74) is 2.31. The molecule has 2 aromatic heterocycles. The van der Waals surface area contributed by atoms with Crippen LogP contribution in [0.4, 0.5) is 5.69 Å². The number of aryl methyl sites for hydroxylation is 1. The highest BCUT2D eigenvalue weighted by atomic mass is 35.5. The molecule has 7 heteroatoms. The predicted molar refractivity (Wildman–Crippen MR) is 125 cm³/mol. The van der Waals surface area contributed by atoms with Crippen molar-refractivity contribution in [2.45, 2.75) is 6.92 Å². The van der Waals surface area contributed by atoms with Crippen molar-refractivity contribution < 1.29 is 18.4 Å². The molecule has 0 saturated carbocycles. The highest BCUT2D eigenvalue weighted by Gasteiger charge is 2.12. The van der Waals surface area contributed by atoms with Crippen molar-refractivity contribution in [2.75, 3.05) is 5.32 Å². The number of carbonyl (C=O) groups is 2. The number of nitrogens with one attached hydrogen (secondary N) is 1. The molecule has 0 atom stereocenters. The summed E-state index contributed by atoms with van der Waals surface area (Å²) in [6, 6.07) is 17.0. The Morgan fingerprint density at radius 3 is 2.41 bits per heavy atom. The van der Waals surface area contributed by atoms with Crippen LogP contribution in [0.1, 0.15) is 32.2 Å². The number of carbonyl (C=O) groups excluding carboxylic acids is 2. The summed E-state index contributed by atoms with van der Waals surface area (Å²) in [4.78, 5) is 24.7. The summed E-state index contributed by atoms with van der Waals surface area (Å²) in [6.45, 7) is 1.72. The number of rotatable bonds is 6. The molecule has 2 aromatic carbocycles. The van der Waals surface area contributed by atoms with Gasteiger partial charge in [0, 0.05) is 16.8 Å². The van der Waals surface area contributed by atoms with Crippen LogP contribution in [-0.2, 0) is 0 Å². The van der Waals surface area contributed by atoms with E-state index < -0.39 is 0 Å². The van der Waals surface area contributed by atoms with Crippen LogP contribution in [0.25, 0.3) is 17.4 Å². The van der Waals surface area contributed by atoms with Crippen LogP contribution < -0.4 is 5.32 Å². The molecular weight excluding hydrogens is 449 g/mol. The number of benzene rings is 2. The Balaban J connectivity index is 1.40. The number of allylic oxidation sites excluding steroid dienone is 1. The van der Waals surface area contributed by atoms with Gasteiger partial charge in [0.2, 0.25) is 0 Å². The molecule has 0 saturated heterocycles. The van der Waals surface area contributed by atoms with Crippen molar-refractivity contribution >= 4 is 46.7 Å². The van der Waals surface area contributed by atoms with Crippen LogP contribution in [0, 0.1) is 6.92 Å². The molecule has 0 aliphatic rings. The van der Waals surface area contributed by atoms with E-state index in [1.807, 2.05) is 0 Å². The van der Waals surface area contributed by atoms with Gasteiger partial charge in [0.05, 0.1) is 21.9 Å². The summed E-state index contributed by atoms with van der Waals surface area (Å²) in [6.07, 6.45) is 4.49. The van der Waals surface area contributed by atoms with E-state index in [0.717, 1.165) is 5.56 Å². The Bertz CT molecular complexity index is 1320.